The third kappa shape index (κ3) is 4.86. The number of anilines is 1. The van der Waals surface area contributed by atoms with Gasteiger partial charge in [-0.05, 0) is 55.7 Å². The summed E-state index contributed by atoms with van der Waals surface area (Å²) >= 11 is 0. The van der Waals surface area contributed by atoms with Gasteiger partial charge in [-0.2, -0.15) is 5.10 Å². The highest BCUT2D eigenvalue weighted by molar-refractivity contribution is 7.89. The fourth-order valence-electron chi connectivity index (χ4n) is 3.92. The minimum absolute atomic E-state index is 0.0448. The molecule has 31 heavy (non-hydrogen) atoms. The van der Waals surface area contributed by atoms with Crippen LogP contribution in [-0.4, -0.2) is 30.1 Å². The summed E-state index contributed by atoms with van der Waals surface area (Å²) in [5.74, 6) is -0.381. The zero-order chi connectivity index (χ0) is 21.8. The number of benzene rings is 2. The van der Waals surface area contributed by atoms with E-state index in [-0.39, 0.29) is 22.4 Å². The average Bonchev–Trinajstić information content (AvgIpc) is 3.29. The van der Waals surface area contributed by atoms with Crippen molar-refractivity contribution >= 4 is 21.6 Å². The first-order chi connectivity index (χ1) is 14.9. The number of carbonyl (C=O) groups excluding carboxylic acids is 1. The lowest BCUT2D eigenvalue weighted by Crippen LogP contribution is -2.36. The number of aromatic nitrogens is 2. The van der Waals surface area contributed by atoms with E-state index in [0.717, 1.165) is 37.8 Å². The maximum Gasteiger partial charge on any atom is 0.255 e. The number of hydrogen-bond donors (Lipinski definition) is 2. The van der Waals surface area contributed by atoms with Crippen LogP contribution >= 0.6 is 0 Å². The summed E-state index contributed by atoms with van der Waals surface area (Å²) in [6.45, 7) is 1.74. The maximum absolute atomic E-state index is 13.0. The van der Waals surface area contributed by atoms with E-state index in [1.165, 1.54) is 6.07 Å². The molecule has 0 atom stereocenters. The molecule has 0 unspecified atom stereocenters. The highest BCUT2D eigenvalue weighted by Crippen LogP contribution is 2.24. The fourth-order valence-corrected chi connectivity index (χ4v) is 5.49. The molecule has 1 saturated carbocycles. The molecule has 1 aliphatic rings. The normalized spacial score (nSPS) is 15.0. The van der Waals surface area contributed by atoms with Crippen LogP contribution in [0.15, 0.2) is 65.8 Å². The van der Waals surface area contributed by atoms with Crippen molar-refractivity contribution in [2.75, 3.05) is 5.32 Å². The van der Waals surface area contributed by atoms with Crippen LogP contribution in [0.1, 0.15) is 48.0 Å². The molecule has 1 heterocycles. The van der Waals surface area contributed by atoms with Crippen molar-refractivity contribution in [1.82, 2.24) is 14.5 Å². The summed E-state index contributed by atoms with van der Waals surface area (Å²) in [4.78, 5) is 13.1. The van der Waals surface area contributed by atoms with E-state index in [2.05, 4.69) is 15.1 Å². The van der Waals surface area contributed by atoms with E-state index in [1.54, 1.807) is 48.3 Å². The van der Waals surface area contributed by atoms with Crippen LogP contribution in [0.3, 0.4) is 0 Å². The number of para-hydroxylation sites is 2. The Kier molecular flexibility index (Phi) is 6.20. The lowest BCUT2D eigenvalue weighted by atomic mass is 9.96. The van der Waals surface area contributed by atoms with Crippen molar-refractivity contribution in [3.63, 3.8) is 0 Å². The van der Waals surface area contributed by atoms with Gasteiger partial charge in [-0.15, -0.1) is 0 Å². The van der Waals surface area contributed by atoms with E-state index >= 15 is 0 Å². The predicted octanol–water partition coefficient (Wildman–Crippen LogP) is 4.04. The lowest BCUT2D eigenvalue weighted by molar-refractivity contribution is 0.102. The molecule has 0 radical (unpaired) electrons. The number of nitrogens with zero attached hydrogens (tertiary/aromatic N) is 2. The van der Waals surface area contributed by atoms with E-state index < -0.39 is 10.0 Å². The molecule has 1 fully saturated rings. The Morgan fingerprint density at radius 1 is 1.06 bits per heavy atom. The topological polar surface area (TPSA) is 93.1 Å². The van der Waals surface area contributed by atoms with E-state index in [9.17, 15) is 13.2 Å². The molecule has 1 aliphatic carbocycles. The van der Waals surface area contributed by atoms with Gasteiger partial charge in [0.1, 0.15) is 0 Å². The molecule has 0 aliphatic heterocycles. The molecule has 8 heteroatoms. The van der Waals surface area contributed by atoms with E-state index in [4.69, 9.17) is 0 Å². The van der Waals surface area contributed by atoms with Crippen LogP contribution in [-0.2, 0) is 10.0 Å². The number of amides is 1. The van der Waals surface area contributed by atoms with Gasteiger partial charge < -0.3 is 5.32 Å². The Labute approximate surface area is 182 Å². The van der Waals surface area contributed by atoms with E-state index in [1.807, 2.05) is 18.2 Å². The summed E-state index contributed by atoms with van der Waals surface area (Å²) in [6, 6.07) is 13.8. The second-order valence-electron chi connectivity index (χ2n) is 7.86. The van der Waals surface area contributed by atoms with Crippen LogP contribution in [0, 0.1) is 6.92 Å². The molecule has 0 spiro atoms. The first kappa shape index (κ1) is 21.3. The maximum atomic E-state index is 13.0. The Hall–Kier alpha value is -2.97. The summed E-state index contributed by atoms with van der Waals surface area (Å²) in [5, 5.41) is 7.10. The second kappa shape index (κ2) is 9.03. The standard InChI is InChI=1S/C23H26N4O3S/c1-17-12-13-18(16-22(17)31(29,30)26-19-8-3-2-4-9-19)23(28)25-20-10-5-6-11-21(20)27-15-7-14-24-27/h5-7,10-16,19,26H,2-4,8-9H2,1H3,(H,25,28). The SMILES string of the molecule is Cc1ccc(C(=O)Nc2ccccc2-n2cccn2)cc1S(=O)(=O)NC1CCCCC1. The van der Waals surface area contributed by atoms with E-state index in [0.29, 0.717) is 11.3 Å². The van der Waals surface area contributed by atoms with Crippen molar-refractivity contribution in [1.29, 1.82) is 0 Å². The lowest BCUT2D eigenvalue weighted by Gasteiger charge is -2.23. The summed E-state index contributed by atoms with van der Waals surface area (Å²) in [5.41, 5.74) is 2.20. The highest BCUT2D eigenvalue weighted by Gasteiger charge is 2.24. The molecule has 1 amide bonds. The highest BCUT2D eigenvalue weighted by atomic mass is 32.2. The molecule has 7 nitrogen and oxygen atoms in total. The van der Waals surface area contributed by atoms with Crippen molar-refractivity contribution < 1.29 is 13.2 Å². The Morgan fingerprint density at radius 2 is 1.84 bits per heavy atom. The molecular weight excluding hydrogens is 412 g/mol. The molecule has 3 aromatic rings. The number of hydrogen-bond acceptors (Lipinski definition) is 4. The number of aryl methyl sites for hydroxylation is 1. The van der Waals surface area contributed by atoms with Crippen LogP contribution < -0.4 is 10.0 Å². The molecule has 162 valence electrons. The second-order valence-corrected chi connectivity index (χ2v) is 9.54. The molecule has 2 aromatic carbocycles. The third-order valence-corrected chi connectivity index (χ3v) is 7.23. The largest absolute Gasteiger partial charge is 0.320 e. The van der Waals surface area contributed by atoms with Gasteiger partial charge in [0.2, 0.25) is 10.0 Å². The van der Waals surface area contributed by atoms with Crippen molar-refractivity contribution in [2.45, 2.75) is 50.0 Å². The third-order valence-electron chi connectivity index (χ3n) is 5.57. The Bertz CT molecular complexity index is 1170. The van der Waals surface area contributed by atoms with Crippen molar-refractivity contribution in [2.24, 2.45) is 0 Å². The average molecular weight is 439 g/mol. The monoisotopic (exact) mass is 438 g/mol. The summed E-state index contributed by atoms with van der Waals surface area (Å²) in [7, 11) is -3.71. The quantitative estimate of drug-likeness (QED) is 0.607. The zero-order valence-electron chi connectivity index (χ0n) is 17.4. The summed E-state index contributed by atoms with van der Waals surface area (Å²) in [6.07, 6.45) is 8.36. The van der Waals surface area contributed by atoms with Gasteiger partial charge in [-0.3, -0.25) is 4.79 Å². The number of rotatable bonds is 6. The first-order valence-electron chi connectivity index (χ1n) is 10.5. The van der Waals surface area contributed by atoms with Gasteiger partial charge >= 0.3 is 0 Å². The molecule has 0 saturated heterocycles. The first-order valence-corrected chi connectivity index (χ1v) is 12.0. The zero-order valence-corrected chi connectivity index (χ0v) is 18.2. The fraction of sp³-hybridized carbons (Fsp3) is 0.304. The van der Waals surface area contributed by atoms with Crippen LogP contribution in [0.5, 0.6) is 0 Å². The number of nitrogens with one attached hydrogen (secondary N) is 2. The van der Waals surface area contributed by atoms with Gasteiger partial charge in [0.15, 0.2) is 0 Å². The van der Waals surface area contributed by atoms with Gasteiger partial charge in [0.05, 0.1) is 16.3 Å². The predicted molar refractivity (Wildman–Crippen MR) is 120 cm³/mol. The van der Waals surface area contributed by atoms with Gasteiger partial charge in [0, 0.05) is 24.0 Å². The molecule has 1 aromatic heterocycles. The van der Waals surface area contributed by atoms with Gasteiger partial charge in [0.25, 0.3) is 5.91 Å². The molecule has 4 rings (SSSR count). The molecule has 2 N–H and O–H groups in total. The van der Waals surface area contributed by atoms with Crippen molar-refractivity contribution in [3.8, 4) is 5.69 Å². The number of sulfonamides is 1. The number of carbonyl (C=O) groups is 1. The van der Waals surface area contributed by atoms with Gasteiger partial charge in [-0.1, -0.05) is 37.5 Å². The Balaban J connectivity index is 1.58. The minimum atomic E-state index is -3.71. The van der Waals surface area contributed by atoms with Crippen molar-refractivity contribution in [3.05, 3.63) is 72.1 Å². The van der Waals surface area contributed by atoms with Crippen LogP contribution in [0.4, 0.5) is 5.69 Å². The summed E-state index contributed by atoms with van der Waals surface area (Å²) < 4.78 is 30.5. The minimum Gasteiger partial charge on any atom is -0.320 e. The Morgan fingerprint density at radius 3 is 2.58 bits per heavy atom. The smallest absolute Gasteiger partial charge is 0.255 e. The molecular formula is C23H26N4O3S. The molecule has 0 bridgehead atoms. The van der Waals surface area contributed by atoms with Gasteiger partial charge in [-0.25, -0.2) is 17.8 Å². The van der Waals surface area contributed by atoms with Crippen LogP contribution in [0.25, 0.3) is 5.69 Å². The van der Waals surface area contributed by atoms with Crippen LogP contribution in [0.2, 0.25) is 0 Å².